The molecule has 2 saturated heterocycles. The quantitative estimate of drug-likeness (QED) is 0.831. The maximum absolute atomic E-state index is 12.6. The number of piperazine rings is 1. The van der Waals surface area contributed by atoms with Crippen molar-refractivity contribution in [3.8, 4) is 0 Å². The monoisotopic (exact) mass is 299 g/mol. The van der Waals surface area contributed by atoms with Crippen LogP contribution in [0.2, 0.25) is 0 Å². The minimum atomic E-state index is -0.0989. The van der Waals surface area contributed by atoms with E-state index in [0.717, 1.165) is 32.4 Å². The van der Waals surface area contributed by atoms with Gasteiger partial charge in [-0.2, -0.15) is 0 Å². The van der Waals surface area contributed by atoms with Crippen LogP contribution in [-0.4, -0.2) is 53.8 Å². The Hall–Kier alpha value is -1.88. The predicted octanol–water partition coefficient (Wildman–Crippen LogP) is 0.707. The van der Waals surface area contributed by atoms with Gasteiger partial charge in [-0.3, -0.25) is 9.59 Å². The highest BCUT2D eigenvalue weighted by atomic mass is 16.2. The fourth-order valence-corrected chi connectivity index (χ4v) is 3.96. The van der Waals surface area contributed by atoms with E-state index in [0.29, 0.717) is 6.54 Å². The van der Waals surface area contributed by atoms with Crippen molar-refractivity contribution in [2.45, 2.75) is 31.3 Å². The molecule has 2 amide bonds. The molecule has 5 nitrogen and oxygen atoms in total. The Morgan fingerprint density at radius 3 is 2.95 bits per heavy atom. The minimum absolute atomic E-state index is 0.0246. The lowest BCUT2D eigenvalue weighted by Crippen LogP contribution is -2.58. The van der Waals surface area contributed by atoms with Crippen LogP contribution in [0.1, 0.15) is 30.0 Å². The number of nitrogens with zero attached hydrogens (tertiary/aromatic N) is 2. The van der Waals surface area contributed by atoms with Gasteiger partial charge >= 0.3 is 0 Å². The van der Waals surface area contributed by atoms with Crippen LogP contribution in [0.3, 0.4) is 0 Å². The molecule has 1 aromatic carbocycles. The van der Waals surface area contributed by atoms with Gasteiger partial charge in [0.05, 0.1) is 18.6 Å². The van der Waals surface area contributed by atoms with E-state index in [1.807, 2.05) is 17.0 Å². The molecule has 0 spiro atoms. The van der Waals surface area contributed by atoms with E-state index in [4.69, 9.17) is 0 Å². The van der Waals surface area contributed by atoms with Gasteiger partial charge in [-0.05, 0) is 36.9 Å². The topological polar surface area (TPSA) is 52.7 Å². The highest BCUT2D eigenvalue weighted by Gasteiger charge is 2.40. The van der Waals surface area contributed by atoms with Crippen LogP contribution < -0.4 is 5.32 Å². The molecule has 0 radical (unpaired) electrons. The summed E-state index contributed by atoms with van der Waals surface area (Å²) in [5, 5.41) is 3.24. The molecular formula is C17H21N3O2. The number of hydrogen-bond donors (Lipinski definition) is 1. The number of carbonyl (C=O) groups excluding carboxylic acids is 2. The van der Waals surface area contributed by atoms with Crippen molar-refractivity contribution in [1.29, 1.82) is 0 Å². The summed E-state index contributed by atoms with van der Waals surface area (Å²) in [6, 6.07) is 8.23. The van der Waals surface area contributed by atoms with Crippen LogP contribution in [0, 0.1) is 0 Å². The zero-order valence-electron chi connectivity index (χ0n) is 12.6. The first-order valence-electron chi connectivity index (χ1n) is 8.13. The second-order valence-corrected chi connectivity index (χ2v) is 6.42. The Morgan fingerprint density at radius 2 is 2.14 bits per heavy atom. The molecule has 1 N–H and O–H groups in total. The standard InChI is InChI=1S/C17H21N3O2/c21-16-11-19(17(22)14-6-3-8-18-14)10-15-13-5-2-1-4-12(13)7-9-20(15)16/h1-2,4-5,14-15,18H,3,6-11H2/t14-,15?/m0/s1. The molecule has 5 heteroatoms. The second-order valence-electron chi connectivity index (χ2n) is 6.42. The number of amides is 2. The van der Waals surface area contributed by atoms with E-state index in [-0.39, 0.29) is 30.4 Å². The lowest BCUT2D eigenvalue weighted by Gasteiger charge is -2.45. The van der Waals surface area contributed by atoms with Crippen molar-refractivity contribution in [3.05, 3.63) is 35.4 Å². The van der Waals surface area contributed by atoms with Gasteiger partial charge in [0.2, 0.25) is 11.8 Å². The molecule has 1 unspecified atom stereocenters. The van der Waals surface area contributed by atoms with Crippen LogP contribution in [0.15, 0.2) is 24.3 Å². The SMILES string of the molecule is O=C([C@@H]1CCCN1)N1CC(=O)N2CCc3ccccc3C2C1. The Morgan fingerprint density at radius 1 is 1.27 bits per heavy atom. The third-order valence-corrected chi connectivity index (χ3v) is 5.12. The van der Waals surface area contributed by atoms with Gasteiger partial charge in [-0.1, -0.05) is 24.3 Å². The minimum Gasteiger partial charge on any atom is -0.332 e. The number of hydrogen-bond acceptors (Lipinski definition) is 3. The summed E-state index contributed by atoms with van der Waals surface area (Å²) in [5.74, 6) is 0.172. The largest absolute Gasteiger partial charge is 0.332 e. The van der Waals surface area contributed by atoms with Gasteiger partial charge in [-0.25, -0.2) is 0 Å². The van der Waals surface area contributed by atoms with Gasteiger partial charge in [-0.15, -0.1) is 0 Å². The summed E-state index contributed by atoms with van der Waals surface area (Å²) < 4.78 is 0. The van der Waals surface area contributed by atoms with Crippen LogP contribution in [-0.2, 0) is 16.0 Å². The van der Waals surface area contributed by atoms with Crippen LogP contribution in [0.25, 0.3) is 0 Å². The molecule has 22 heavy (non-hydrogen) atoms. The van der Waals surface area contributed by atoms with E-state index in [1.54, 1.807) is 4.90 Å². The first kappa shape index (κ1) is 13.8. The third-order valence-electron chi connectivity index (χ3n) is 5.12. The summed E-state index contributed by atoms with van der Waals surface area (Å²) in [7, 11) is 0. The van der Waals surface area contributed by atoms with Crippen LogP contribution >= 0.6 is 0 Å². The molecule has 2 fully saturated rings. The highest BCUT2D eigenvalue weighted by Crippen LogP contribution is 2.33. The first-order chi connectivity index (χ1) is 10.7. The lowest BCUT2D eigenvalue weighted by molar-refractivity contribution is -0.150. The Labute approximate surface area is 130 Å². The fourth-order valence-electron chi connectivity index (χ4n) is 3.96. The van der Waals surface area contributed by atoms with Crippen molar-refractivity contribution in [2.75, 3.05) is 26.2 Å². The molecule has 0 aromatic heterocycles. The maximum atomic E-state index is 12.6. The Kier molecular flexibility index (Phi) is 3.37. The van der Waals surface area contributed by atoms with Crippen molar-refractivity contribution < 1.29 is 9.59 Å². The van der Waals surface area contributed by atoms with Crippen LogP contribution in [0.4, 0.5) is 0 Å². The third kappa shape index (κ3) is 2.20. The lowest BCUT2D eigenvalue weighted by atomic mass is 9.90. The van der Waals surface area contributed by atoms with Crippen molar-refractivity contribution >= 4 is 11.8 Å². The zero-order valence-corrected chi connectivity index (χ0v) is 12.6. The van der Waals surface area contributed by atoms with Crippen molar-refractivity contribution in [3.63, 3.8) is 0 Å². The normalized spacial score (nSPS) is 27.5. The average molecular weight is 299 g/mol. The summed E-state index contributed by atoms with van der Waals surface area (Å²) in [5.41, 5.74) is 2.52. The summed E-state index contributed by atoms with van der Waals surface area (Å²) in [4.78, 5) is 28.8. The Balaban J connectivity index is 1.60. The van der Waals surface area contributed by atoms with Crippen LogP contribution in [0.5, 0.6) is 0 Å². The average Bonchev–Trinajstić information content (AvgIpc) is 3.08. The molecule has 1 aromatic rings. The van der Waals surface area contributed by atoms with Gasteiger partial charge in [0.1, 0.15) is 0 Å². The van der Waals surface area contributed by atoms with E-state index >= 15 is 0 Å². The fraction of sp³-hybridized carbons (Fsp3) is 0.529. The van der Waals surface area contributed by atoms with E-state index in [1.165, 1.54) is 11.1 Å². The molecule has 116 valence electrons. The second kappa shape index (κ2) is 5.39. The molecule has 4 rings (SSSR count). The van der Waals surface area contributed by atoms with Gasteiger partial charge in [0.25, 0.3) is 0 Å². The van der Waals surface area contributed by atoms with Gasteiger partial charge in [0.15, 0.2) is 0 Å². The number of rotatable bonds is 1. The van der Waals surface area contributed by atoms with E-state index in [2.05, 4.69) is 17.4 Å². The molecule has 0 bridgehead atoms. The molecule has 3 aliphatic rings. The molecule has 3 heterocycles. The summed E-state index contributed by atoms with van der Waals surface area (Å²) >= 11 is 0. The number of nitrogens with one attached hydrogen (secondary N) is 1. The zero-order chi connectivity index (χ0) is 15.1. The summed E-state index contributed by atoms with van der Waals surface area (Å²) in [6.07, 6.45) is 2.83. The summed E-state index contributed by atoms with van der Waals surface area (Å²) in [6.45, 7) is 2.52. The molecule has 3 aliphatic heterocycles. The molecular weight excluding hydrogens is 278 g/mol. The predicted molar refractivity (Wildman–Crippen MR) is 82.2 cm³/mol. The van der Waals surface area contributed by atoms with Gasteiger partial charge in [0, 0.05) is 13.1 Å². The van der Waals surface area contributed by atoms with E-state index in [9.17, 15) is 9.59 Å². The van der Waals surface area contributed by atoms with Crippen molar-refractivity contribution in [2.24, 2.45) is 0 Å². The van der Waals surface area contributed by atoms with E-state index < -0.39 is 0 Å². The molecule has 0 aliphatic carbocycles. The van der Waals surface area contributed by atoms with Crippen molar-refractivity contribution in [1.82, 2.24) is 15.1 Å². The smallest absolute Gasteiger partial charge is 0.242 e. The maximum Gasteiger partial charge on any atom is 0.242 e. The Bertz CT molecular complexity index is 610. The first-order valence-corrected chi connectivity index (χ1v) is 8.13. The highest BCUT2D eigenvalue weighted by molar-refractivity contribution is 5.89. The van der Waals surface area contributed by atoms with Gasteiger partial charge < -0.3 is 15.1 Å². The molecule has 0 saturated carbocycles. The molecule has 2 atom stereocenters. The number of carbonyl (C=O) groups is 2. The number of fused-ring (bicyclic) bond motifs is 3. The number of benzene rings is 1.